The van der Waals surface area contributed by atoms with Gasteiger partial charge in [-0.3, -0.25) is 0 Å². The maximum Gasteiger partial charge on any atom is 0.332 e. The lowest BCUT2D eigenvalue weighted by atomic mass is 10.2. The summed E-state index contributed by atoms with van der Waals surface area (Å²) in [5.74, 6) is -1.44. The van der Waals surface area contributed by atoms with Crippen molar-refractivity contribution >= 4 is 5.97 Å². The first-order chi connectivity index (χ1) is 6.61. The summed E-state index contributed by atoms with van der Waals surface area (Å²) in [6.07, 6.45) is -0.922. The highest BCUT2D eigenvalue weighted by Gasteiger charge is 2.11. The van der Waals surface area contributed by atoms with Crippen molar-refractivity contribution in [3.05, 3.63) is 35.6 Å². The summed E-state index contributed by atoms with van der Waals surface area (Å²) in [4.78, 5) is 10.4. The molecule has 3 nitrogen and oxygen atoms in total. The third-order valence-electron chi connectivity index (χ3n) is 1.79. The molecule has 0 aromatic heterocycles. The number of aliphatic carboxylic acids is 1. The SMILES string of the molecule is C[C@@H](OCc1ccccc1F)C(=O)O. The minimum Gasteiger partial charge on any atom is -0.479 e. The number of rotatable bonds is 4. The minimum atomic E-state index is -1.05. The monoisotopic (exact) mass is 198 g/mol. The molecule has 1 aromatic rings. The third kappa shape index (κ3) is 2.81. The molecule has 0 amide bonds. The molecule has 76 valence electrons. The molecule has 0 radical (unpaired) electrons. The van der Waals surface area contributed by atoms with Crippen LogP contribution in [0.5, 0.6) is 0 Å². The number of hydrogen-bond donors (Lipinski definition) is 1. The molecule has 1 aromatic carbocycles. The molecule has 1 N–H and O–H groups in total. The number of carboxylic acids is 1. The van der Waals surface area contributed by atoms with Crippen LogP contribution >= 0.6 is 0 Å². The molecule has 0 bridgehead atoms. The smallest absolute Gasteiger partial charge is 0.332 e. The molecule has 0 saturated heterocycles. The summed E-state index contributed by atoms with van der Waals surface area (Å²) in [6.45, 7) is 1.38. The fraction of sp³-hybridized carbons (Fsp3) is 0.300. The van der Waals surface area contributed by atoms with Crippen LogP contribution in [0.15, 0.2) is 24.3 Å². The fourth-order valence-electron chi connectivity index (χ4n) is 0.902. The second-order valence-electron chi connectivity index (χ2n) is 2.88. The highest BCUT2D eigenvalue weighted by molar-refractivity contribution is 5.71. The van der Waals surface area contributed by atoms with Crippen LogP contribution in [0.1, 0.15) is 12.5 Å². The molecule has 0 spiro atoms. The van der Waals surface area contributed by atoms with Gasteiger partial charge >= 0.3 is 5.97 Å². The van der Waals surface area contributed by atoms with E-state index in [-0.39, 0.29) is 12.4 Å². The molecule has 0 unspecified atom stereocenters. The van der Waals surface area contributed by atoms with Crippen molar-refractivity contribution in [1.29, 1.82) is 0 Å². The Labute approximate surface area is 81.1 Å². The van der Waals surface area contributed by atoms with Gasteiger partial charge in [0.1, 0.15) is 5.82 Å². The Balaban J connectivity index is 2.54. The Hall–Kier alpha value is -1.42. The summed E-state index contributed by atoms with van der Waals surface area (Å²) in [5, 5.41) is 8.51. The van der Waals surface area contributed by atoms with E-state index in [0.717, 1.165) is 0 Å². The van der Waals surface area contributed by atoms with Gasteiger partial charge in [-0.2, -0.15) is 0 Å². The van der Waals surface area contributed by atoms with Crippen LogP contribution in [-0.4, -0.2) is 17.2 Å². The van der Waals surface area contributed by atoms with E-state index in [1.807, 2.05) is 0 Å². The highest BCUT2D eigenvalue weighted by Crippen LogP contribution is 2.08. The predicted octanol–water partition coefficient (Wildman–Crippen LogP) is 1.82. The number of carboxylic acid groups (broad SMARTS) is 1. The summed E-state index contributed by atoms with van der Waals surface area (Å²) >= 11 is 0. The van der Waals surface area contributed by atoms with Crippen LogP contribution in [0.25, 0.3) is 0 Å². The molecule has 0 aliphatic rings. The number of halogens is 1. The van der Waals surface area contributed by atoms with Gasteiger partial charge in [0.2, 0.25) is 0 Å². The van der Waals surface area contributed by atoms with E-state index in [1.54, 1.807) is 18.2 Å². The van der Waals surface area contributed by atoms with E-state index in [9.17, 15) is 9.18 Å². The number of ether oxygens (including phenoxy) is 1. The lowest BCUT2D eigenvalue weighted by Gasteiger charge is -2.08. The van der Waals surface area contributed by atoms with Crippen molar-refractivity contribution in [2.75, 3.05) is 0 Å². The Morgan fingerprint density at radius 1 is 1.57 bits per heavy atom. The van der Waals surface area contributed by atoms with E-state index in [2.05, 4.69) is 0 Å². The van der Waals surface area contributed by atoms with Crippen molar-refractivity contribution in [3.63, 3.8) is 0 Å². The maximum atomic E-state index is 13.0. The first kappa shape index (κ1) is 10.7. The highest BCUT2D eigenvalue weighted by atomic mass is 19.1. The van der Waals surface area contributed by atoms with Crippen molar-refractivity contribution in [1.82, 2.24) is 0 Å². The third-order valence-corrected chi connectivity index (χ3v) is 1.79. The lowest BCUT2D eigenvalue weighted by molar-refractivity contribution is -0.149. The molecule has 0 aliphatic heterocycles. The van der Waals surface area contributed by atoms with Gasteiger partial charge in [-0.15, -0.1) is 0 Å². The summed E-state index contributed by atoms with van der Waals surface area (Å²) in [7, 11) is 0. The molecular formula is C10H11FO3. The number of hydrogen-bond acceptors (Lipinski definition) is 2. The second kappa shape index (κ2) is 4.72. The number of carbonyl (C=O) groups is 1. The minimum absolute atomic E-state index is 0.0276. The summed E-state index contributed by atoms with van der Waals surface area (Å²) < 4.78 is 17.9. The molecular weight excluding hydrogens is 187 g/mol. The lowest BCUT2D eigenvalue weighted by Crippen LogP contribution is -2.19. The Bertz CT molecular complexity index is 325. The molecule has 14 heavy (non-hydrogen) atoms. The van der Waals surface area contributed by atoms with Gasteiger partial charge in [-0.05, 0) is 13.0 Å². The molecule has 1 atom stereocenters. The zero-order valence-corrected chi connectivity index (χ0v) is 7.74. The van der Waals surface area contributed by atoms with Gasteiger partial charge in [0.05, 0.1) is 6.61 Å². The molecule has 0 heterocycles. The average molecular weight is 198 g/mol. The van der Waals surface area contributed by atoms with Gasteiger partial charge in [-0.25, -0.2) is 9.18 Å². The maximum absolute atomic E-state index is 13.0. The van der Waals surface area contributed by atoms with E-state index in [4.69, 9.17) is 9.84 Å². The molecule has 0 aliphatic carbocycles. The van der Waals surface area contributed by atoms with Gasteiger partial charge < -0.3 is 9.84 Å². The molecule has 0 fully saturated rings. The molecule has 0 saturated carbocycles. The van der Waals surface area contributed by atoms with Crippen molar-refractivity contribution in [2.24, 2.45) is 0 Å². The van der Waals surface area contributed by atoms with E-state index < -0.39 is 12.1 Å². The first-order valence-electron chi connectivity index (χ1n) is 4.19. The van der Waals surface area contributed by atoms with Gasteiger partial charge in [0.25, 0.3) is 0 Å². The summed E-state index contributed by atoms with van der Waals surface area (Å²) in [6, 6.07) is 6.11. The van der Waals surface area contributed by atoms with Crippen molar-refractivity contribution in [3.8, 4) is 0 Å². The zero-order chi connectivity index (χ0) is 10.6. The van der Waals surface area contributed by atoms with Gasteiger partial charge in [-0.1, -0.05) is 18.2 Å². The first-order valence-corrected chi connectivity index (χ1v) is 4.19. The van der Waals surface area contributed by atoms with E-state index in [1.165, 1.54) is 13.0 Å². The second-order valence-corrected chi connectivity index (χ2v) is 2.88. The Kier molecular flexibility index (Phi) is 3.59. The van der Waals surface area contributed by atoms with Gasteiger partial charge in [0.15, 0.2) is 6.10 Å². The van der Waals surface area contributed by atoms with Crippen LogP contribution in [-0.2, 0) is 16.1 Å². The quantitative estimate of drug-likeness (QED) is 0.802. The van der Waals surface area contributed by atoms with E-state index >= 15 is 0 Å². The van der Waals surface area contributed by atoms with Crippen LogP contribution < -0.4 is 0 Å². The zero-order valence-electron chi connectivity index (χ0n) is 7.74. The van der Waals surface area contributed by atoms with Crippen LogP contribution in [0.3, 0.4) is 0 Å². The topological polar surface area (TPSA) is 46.5 Å². The Morgan fingerprint density at radius 2 is 2.21 bits per heavy atom. The van der Waals surface area contributed by atoms with Crippen LogP contribution in [0, 0.1) is 5.82 Å². The van der Waals surface area contributed by atoms with Crippen LogP contribution in [0.2, 0.25) is 0 Å². The van der Waals surface area contributed by atoms with Crippen molar-refractivity contribution in [2.45, 2.75) is 19.6 Å². The molecule has 1 rings (SSSR count). The van der Waals surface area contributed by atoms with E-state index in [0.29, 0.717) is 5.56 Å². The van der Waals surface area contributed by atoms with Gasteiger partial charge in [0, 0.05) is 5.56 Å². The average Bonchev–Trinajstić information content (AvgIpc) is 2.16. The van der Waals surface area contributed by atoms with Crippen molar-refractivity contribution < 1.29 is 19.0 Å². The molecule has 4 heteroatoms. The predicted molar refractivity (Wildman–Crippen MR) is 48.3 cm³/mol. The largest absolute Gasteiger partial charge is 0.479 e. The normalized spacial score (nSPS) is 12.4. The number of benzene rings is 1. The van der Waals surface area contributed by atoms with Crippen LogP contribution in [0.4, 0.5) is 4.39 Å². The standard InChI is InChI=1S/C10H11FO3/c1-7(10(12)13)14-6-8-4-2-3-5-9(8)11/h2-5,7H,6H2,1H3,(H,12,13)/t7-/m1/s1. The summed E-state index contributed by atoms with van der Waals surface area (Å²) in [5.41, 5.74) is 0.362. The fourth-order valence-corrected chi connectivity index (χ4v) is 0.902. The Morgan fingerprint density at radius 3 is 2.79 bits per heavy atom.